The van der Waals surface area contributed by atoms with Crippen LogP contribution in [-0.4, -0.2) is 10.2 Å². The molecule has 0 spiro atoms. The number of benzene rings is 1. The molecule has 0 saturated heterocycles. The Morgan fingerprint density at radius 1 is 0.667 bits per heavy atom. The summed E-state index contributed by atoms with van der Waals surface area (Å²) < 4.78 is 0. The lowest BCUT2D eigenvalue weighted by Gasteiger charge is -2.02. The Bertz CT molecular complexity index is 511. The van der Waals surface area contributed by atoms with Crippen LogP contribution in [0.15, 0.2) is 36.4 Å². The molecule has 0 amide bonds. The van der Waals surface area contributed by atoms with Crippen LogP contribution in [0.1, 0.15) is 102 Å². The topological polar surface area (TPSA) is 40.5 Å². The third kappa shape index (κ3) is 12.3. The zero-order valence-corrected chi connectivity index (χ0v) is 17.3. The van der Waals surface area contributed by atoms with Crippen LogP contribution in [0.2, 0.25) is 0 Å². The standard InChI is InChI=1S/C25H40O2/c1-2-3-4-5-6-7-8-9-10-11-12-13-14-15-16-17-18-20-23-24(26)21-19-22-25(23)27/h16-22,26-27H,2-15H2,1H3. The Hall–Kier alpha value is -1.70. The van der Waals surface area contributed by atoms with E-state index in [4.69, 9.17) is 0 Å². The highest BCUT2D eigenvalue weighted by Gasteiger charge is 2.01. The van der Waals surface area contributed by atoms with Gasteiger partial charge in [0.2, 0.25) is 0 Å². The van der Waals surface area contributed by atoms with Gasteiger partial charge in [0.15, 0.2) is 0 Å². The zero-order valence-electron chi connectivity index (χ0n) is 17.3. The lowest BCUT2D eigenvalue weighted by Crippen LogP contribution is -1.82. The monoisotopic (exact) mass is 372 g/mol. The van der Waals surface area contributed by atoms with Crippen molar-refractivity contribution in [1.82, 2.24) is 0 Å². The molecule has 152 valence electrons. The second-order valence-corrected chi connectivity index (χ2v) is 7.53. The molecule has 2 nitrogen and oxygen atoms in total. The van der Waals surface area contributed by atoms with Crippen molar-refractivity contribution in [1.29, 1.82) is 0 Å². The maximum Gasteiger partial charge on any atom is 0.126 e. The fourth-order valence-electron chi connectivity index (χ4n) is 3.32. The van der Waals surface area contributed by atoms with Crippen molar-refractivity contribution in [3.63, 3.8) is 0 Å². The fourth-order valence-corrected chi connectivity index (χ4v) is 3.32. The highest BCUT2D eigenvalue weighted by Crippen LogP contribution is 2.27. The van der Waals surface area contributed by atoms with Crippen molar-refractivity contribution < 1.29 is 10.2 Å². The zero-order chi connectivity index (χ0) is 19.6. The first-order valence-electron chi connectivity index (χ1n) is 11.1. The van der Waals surface area contributed by atoms with E-state index in [2.05, 4.69) is 13.0 Å². The minimum absolute atomic E-state index is 0.108. The summed E-state index contributed by atoms with van der Waals surface area (Å²) in [6, 6.07) is 4.79. The molecule has 0 aromatic heterocycles. The summed E-state index contributed by atoms with van der Waals surface area (Å²) in [7, 11) is 0. The molecule has 0 unspecified atom stereocenters. The first-order chi connectivity index (χ1) is 13.3. The van der Waals surface area contributed by atoms with Gasteiger partial charge in [-0.25, -0.2) is 0 Å². The molecule has 27 heavy (non-hydrogen) atoms. The lowest BCUT2D eigenvalue weighted by atomic mass is 10.0. The molecule has 0 saturated carbocycles. The Morgan fingerprint density at radius 3 is 1.67 bits per heavy atom. The van der Waals surface area contributed by atoms with Crippen molar-refractivity contribution in [3.05, 3.63) is 42.0 Å². The van der Waals surface area contributed by atoms with Crippen LogP contribution in [0.5, 0.6) is 11.5 Å². The Kier molecular flexibility index (Phi) is 14.2. The Labute approximate surface area is 167 Å². The molecule has 0 heterocycles. The molecule has 0 aliphatic carbocycles. The van der Waals surface area contributed by atoms with Gasteiger partial charge in [0.1, 0.15) is 11.5 Å². The molecule has 1 aromatic rings. The molecule has 0 atom stereocenters. The molecule has 1 aromatic carbocycles. The minimum atomic E-state index is 0.108. The van der Waals surface area contributed by atoms with E-state index < -0.39 is 0 Å². The van der Waals surface area contributed by atoms with E-state index in [1.165, 1.54) is 83.5 Å². The van der Waals surface area contributed by atoms with Gasteiger partial charge in [-0.3, -0.25) is 0 Å². The van der Waals surface area contributed by atoms with Crippen molar-refractivity contribution in [3.8, 4) is 11.5 Å². The second-order valence-electron chi connectivity index (χ2n) is 7.53. The molecule has 1 rings (SSSR count). The van der Waals surface area contributed by atoms with E-state index in [-0.39, 0.29) is 11.5 Å². The molecular weight excluding hydrogens is 332 g/mol. The van der Waals surface area contributed by atoms with Gasteiger partial charge in [-0.2, -0.15) is 0 Å². The minimum Gasteiger partial charge on any atom is -0.507 e. The van der Waals surface area contributed by atoms with E-state index in [0.29, 0.717) is 5.56 Å². The van der Waals surface area contributed by atoms with Crippen molar-refractivity contribution >= 4 is 6.08 Å². The SMILES string of the molecule is CCCCCCCCCCCCCCCC=CC=Cc1c(O)cccc1O. The highest BCUT2D eigenvalue weighted by molar-refractivity contribution is 5.64. The number of rotatable bonds is 16. The summed E-state index contributed by atoms with van der Waals surface area (Å²) in [5.41, 5.74) is 0.475. The summed E-state index contributed by atoms with van der Waals surface area (Å²) in [6.07, 6.45) is 26.9. The van der Waals surface area contributed by atoms with Gasteiger partial charge in [-0.05, 0) is 31.1 Å². The van der Waals surface area contributed by atoms with Crippen LogP contribution in [0, 0.1) is 0 Å². The number of phenols is 2. The predicted octanol–water partition coefficient (Wildman–Crippen LogP) is 8.15. The second kappa shape index (κ2) is 16.5. The van der Waals surface area contributed by atoms with E-state index in [0.717, 1.165) is 6.42 Å². The third-order valence-corrected chi connectivity index (χ3v) is 5.04. The van der Waals surface area contributed by atoms with Crippen molar-refractivity contribution in [2.24, 2.45) is 0 Å². The summed E-state index contributed by atoms with van der Waals surface area (Å²) in [6.45, 7) is 2.28. The van der Waals surface area contributed by atoms with Crippen molar-refractivity contribution in [2.75, 3.05) is 0 Å². The van der Waals surface area contributed by atoms with Gasteiger partial charge in [0, 0.05) is 0 Å². The van der Waals surface area contributed by atoms with E-state index in [1.807, 2.05) is 12.2 Å². The van der Waals surface area contributed by atoms with Crippen LogP contribution >= 0.6 is 0 Å². The van der Waals surface area contributed by atoms with Crippen LogP contribution in [0.25, 0.3) is 6.08 Å². The Morgan fingerprint density at radius 2 is 1.15 bits per heavy atom. The average Bonchev–Trinajstić information content (AvgIpc) is 2.66. The molecule has 2 heteroatoms. The first kappa shape index (κ1) is 23.3. The smallest absolute Gasteiger partial charge is 0.126 e. The fraction of sp³-hybridized carbons (Fsp3) is 0.600. The van der Waals surface area contributed by atoms with Gasteiger partial charge >= 0.3 is 0 Å². The third-order valence-electron chi connectivity index (χ3n) is 5.04. The summed E-state index contributed by atoms with van der Waals surface area (Å²) in [5.74, 6) is 0.215. The molecule has 0 aliphatic heterocycles. The predicted molar refractivity (Wildman–Crippen MR) is 118 cm³/mol. The quantitative estimate of drug-likeness (QED) is 0.227. The molecule has 2 N–H and O–H groups in total. The molecule has 0 radical (unpaired) electrons. The van der Waals surface area contributed by atoms with E-state index in [9.17, 15) is 10.2 Å². The van der Waals surface area contributed by atoms with E-state index >= 15 is 0 Å². The maximum absolute atomic E-state index is 9.69. The largest absolute Gasteiger partial charge is 0.507 e. The summed E-state index contributed by atoms with van der Waals surface area (Å²) in [4.78, 5) is 0. The van der Waals surface area contributed by atoms with Crippen LogP contribution in [-0.2, 0) is 0 Å². The van der Waals surface area contributed by atoms with Crippen LogP contribution in [0.4, 0.5) is 0 Å². The average molecular weight is 373 g/mol. The molecule has 0 aliphatic rings. The van der Waals surface area contributed by atoms with Gasteiger partial charge in [0.25, 0.3) is 0 Å². The molecular formula is C25H40O2. The van der Waals surface area contributed by atoms with Gasteiger partial charge in [-0.15, -0.1) is 0 Å². The molecule has 0 fully saturated rings. The maximum atomic E-state index is 9.69. The van der Waals surface area contributed by atoms with Crippen LogP contribution in [0.3, 0.4) is 0 Å². The van der Waals surface area contributed by atoms with Crippen LogP contribution < -0.4 is 0 Å². The number of hydrogen-bond donors (Lipinski definition) is 2. The highest BCUT2D eigenvalue weighted by atomic mass is 16.3. The number of hydrogen-bond acceptors (Lipinski definition) is 2. The normalized spacial score (nSPS) is 11.7. The lowest BCUT2D eigenvalue weighted by molar-refractivity contribution is 0.448. The Balaban J connectivity index is 1.91. The first-order valence-corrected chi connectivity index (χ1v) is 11.1. The summed E-state index contributed by atoms with van der Waals surface area (Å²) in [5, 5.41) is 19.4. The van der Waals surface area contributed by atoms with Gasteiger partial charge in [0.05, 0.1) is 5.56 Å². The number of aromatic hydroxyl groups is 2. The summed E-state index contributed by atoms with van der Waals surface area (Å²) >= 11 is 0. The number of phenolic OH excluding ortho intramolecular Hbond substituents is 2. The molecule has 0 bridgehead atoms. The van der Waals surface area contributed by atoms with Crippen molar-refractivity contribution in [2.45, 2.75) is 96.8 Å². The van der Waals surface area contributed by atoms with Gasteiger partial charge in [-0.1, -0.05) is 108 Å². The van der Waals surface area contributed by atoms with E-state index in [1.54, 1.807) is 24.3 Å². The number of unbranched alkanes of at least 4 members (excludes halogenated alkanes) is 13. The number of allylic oxidation sites excluding steroid dienone is 3. The van der Waals surface area contributed by atoms with Gasteiger partial charge < -0.3 is 10.2 Å².